The van der Waals surface area contributed by atoms with Gasteiger partial charge in [-0.1, -0.05) is 23.7 Å². The molecule has 1 aromatic carbocycles. The van der Waals surface area contributed by atoms with E-state index >= 15 is 0 Å². The minimum absolute atomic E-state index is 0.0843. The molecule has 0 aromatic heterocycles. The largest absolute Gasteiger partial charge is 0.457 e. The minimum atomic E-state index is 0.0843. The Labute approximate surface area is 117 Å². The summed E-state index contributed by atoms with van der Waals surface area (Å²) < 4.78 is 5.87. The topological polar surface area (TPSA) is 12.5 Å². The molecule has 4 heteroatoms. The number of hydrogen-bond acceptors (Lipinski definition) is 3. The highest BCUT2D eigenvalue weighted by Crippen LogP contribution is 2.37. The van der Waals surface area contributed by atoms with Crippen molar-refractivity contribution in [1.29, 1.82) is 0 Å². The number of ether oxygens (including phenoxy) is 1. The molecule has 1 atom stereocenters. The van der Waals surface area contributed by atoms with Crippen LogP contribution in [0.4, 0.5) is 0 Å². The van der Waals surface area contributed by atoms with Crippen LogP contribution in [0.2, 0.25) is 0 Å². The van der Waals surface area contributed by atoms with Gasteiger partial charge in [0, 0.05) is 23.7 Å². The van der Waals surface area contributed by atoms with Crippen molar-refractivity contribution in [3.05, 3.63) is 59.0 Å². The number of nitrogens with zero attached hydrogens (tertiary/aromatic N) is 1. The van der Waals surface area contributed by atoms with Crippen LogP contribution < -0.4 is 0 Å². The average Bonchev–Trinajstić information content (AvgIpc) is 2.80. The number of benzene rings is 1. The van der Waals surface area contributed by atoms with Gasteiger partial charge in [-0.15, -0.1) is 12.6 Å². The fraction of sp³-hybridized carbons (Fsp3) is 0.143. The van der Waals surface area contributed by atoms with E-state index in [-0.39, 0.29) is 6.04 Å². The summed E-state index contributed by atoms with van der Waals surface area (Å²) in [5, 5.41) is 0.659. The minimum Gasteiger partial charge on any atom is -0.457 e. The Balaban J connectivity index is 1.99. The van der Waals surface area contributed by atoms with Crippen LogP contribution in [-0.2, 0) is 4.74 Å². The van der Waals surface area contributed by atoms with Crippen LogP contribution in [0.15, 0.2) is 58.3 Å². The highest BCUT2D eigenvalue weighted by atomic mass is 35.5. The smallest absolute Gasteiger partial charge is 0.149 e. The number of thiol groups is 1. The van der Waals surface area contributed by atoms with Crippen molar-refractivity contribution in [2.45, 2.75) is 10.9 Å². The van der Waals surface area contributed by atoms with Gasteiger partial charge in [-0.3, -0.25) is 0 Å². The number of halogens is 1. The van der Waals surface area contributed by atoms with Crippen molar-refractivity contribution in [3.63, 3.8) is 0 Å². The predicted octanol–water partition coefficient (Wildman–Crippen LogP) is 3.62. The lowest BCUT2D eigenvalue weighted by atomic mass is 10.1. The molecule has 0 aliphatic carbocycles. The third-order valence-electron chi connectivity index (χ3n) is 3.06. The van der Waals surface area contributed by atoms with E-state index in [1.165, 1.54) is 0 Å². The molecular formula is C14H12ClNOS. The van der Waals surface area contributed by atoms with Gasteiger partial charge in [-0.25, -0.2) is 0 Å². The first-order valence-corrected chi connectivity index (χ1v) is 6.46. The molecule has 0 saturated carbocycles. The number of fused-ring (bicyclic) bond motifs is 1. The molecule has 2 aliphatic heterocycles. The van der Waals surface area contributed by atoms with Crippen molar-refractivity contribution in [1.82, 2.24) is 4.90 Å². The maximum absolute atomic E-state index is 6.16. The van der Waals surface area contributed by atoms with Gasteiger partial charge in [-0.2, -0.15) is 0 Å². The van der Waals surface area contributed by atoms with E-state index in [2.05, 4.69) is 23.6 Å². The normalized spacial score (nSPS) is 21.8. The molecule has 0 amide bonds. The Hall–Kier alpha value is -1.32. The van der Waals surface area contributed by atoms with Crippen LogP contribution in [0.5, 0.6) is 0 Å². The standard InChI is InChI=1S/C14H12ClNOS/c1-16-6-5-11(15)14-12(16)8-13(17-14)9-3-2-4-10(18)7-9/h2-8,12,18H,1H3. The lowest BCUT2D eigenvalue weighted by Gasteiger charge is -2.24. The van der Waals surface area contributed by atoms with Crippen molar-refractivity contribution >= 4 is 30.0 Å². The van der Waals surface area contributed by atoms with E-state index in [4.69, 9.17) is 16.3 Å². The first-order valence-electron chi connectivity index (χ1n) is 5.64. The van der Waals surface area contributed by atoms with E-state index < -0.39 is 0 Å². The number of rotatable bonds is 1. The molecule has 2 heterocycles. The monoisotopic (exact) mass is 277 g/mol. The fourth-order valence-electron chi connectivity index (χ4n) is 2.10. The zero-order valence-corrected chi connectivity index (χ0v) is 11.4. The van der Waals surface area contributed by atoms with Gasteiger partial charge < -0.3 is 9.64 Å². The molecular weight excluding hydrogens is 266 g/mol. The molecule has 0 spiro atoms. The highest BCUT2D eigenvalue weighted by molar-refractivity contribution is 7.80. The zero-order valence-electron chi connectivity index (χ0n) is 9.80. The Morgan fingerprint density at radius 1 is 1.39 bits per heavy atom. The van der Waals surface area contributed by atoms with Crippen molar-refractivity contribution < 1.29 is 4.74 Å². The molecule has 1 unspecified atom stereocenters. The maximum atomic E-state index is 6.16. The van der Waals surface area contributed by atoms with E-state index in [0.717, 1.165) is 22.0 Å². The summed E-state index contributed by atoms with van der Waals surface area (Å²) in [5.74, 6) is 1.63. The van der Waals surface area contributed by atoms with E-state index in [9.17, 15) is 0 Å². The summed E-state index contributed by atoms with van der Waals surface area (Å²) in [4.78, 5) is 2.98. The predicted molar refractivity (Wildman–Crippen MR) is 76.3 cm³/mol. The van der Waals surface area contributed by atoms with Gasteiger partial charge in [0.15, 0.2) is 0 Å². The van der Waals surface area contributed by atoms with Crippen LogP contribution in [-0.4, -0.2) is 18.0 Å². The van der Waals surface area contributed by atoms with Gasteiger partial charge in [0.05, 0.1) is 5.03 Å². The molecule has 0 fully saturated rings. The summed E-state index contributed by atoms with van der Waals surface area (Å²) >= 11 is 10.5. The van der Waals surface area contributed by atoms with Gasteiger partial charge in [0.1, 0.15) is 17.6 Å². The molecule has 1 aromatic rings. The van der Waals surface area contributed by atoms with Crippen molar-refractivity contribution in [2.75, 3.05) is 7.05 Å². The average molecular weight is 278 g/mol. The SMILES string of the molecule is CN1C=CC(Cl)=C2OC(c3cccc(S)c3)=CC21. The van der Waals surface area contributed by atoms with Crippen LogP contribution in [0.25, 0.3) is 5.76 Å². The number of allylic oxidation sites excluding steroid dienone is 2. The second-order valence-corrected chi connectivity index (χ2v) is 5.25. The summed E-state index contributed by atoms with van der Waals surface area (Å²) in [5.41, 5.74) is 1.02. The van der Waals surface area contributed by atoms with Crippen LogP contribution in [0.3, 0.4) is 0 Å². The van der Waals surface area contributed by atoms with Crippen LogP contribution in [0.1, 0.15) is 5.56 Å². The summed E-state index contributed by atoms with van der Waals surface area (Å²) in [7, 11) is 2.00. The molecule has 18 heavy (non-hydrogen) atoms. The van der Waals surface area contributed by atoms with E-state index in [1.807, 2.05) is 43.6 Å². The van der Waals surface area contributed by atoms with Crippen molar-refractivity contribution in [3.8, 4) is 0 Å². The third-order valence-corrected chi connectivity index (χ3v) is 3.65. The van der Waals surface area contributed by atoms with Gasteiger partial charge in [0.2, 0.25) is 0 Å². The molecule has 92 valence electrons. The van der Waals surface area contributed by atoms with Gasteiger partial charge in [-0.05, 0) is 24.3 Å². The van der Waals surface area contributed by atoms with E-state index in [1.54, 1.807) is 0 Å². The fourth-order valence-corrected chi connectivity index (χ4v) is 2.53. The second-order valence-electron chi connectivity index (χ2n) is 4.32. The molecule has 2 aliphatic rings. The lowest BCUT2D eigenvalue weighted by Crippen LogP contribution is -2.27. The Bertz CT molecular complexity index is 591. The first-order chi connectivity index (χ1) is 8.65. The summed E-state index contributed by atoms with van der Waals surface area (Å²) in [6.07, 6.45) is 5.87. The zero-order chi connectivity index (χ0) is 12.7. The van der Waals surface area contributed by atoms with Crippen LogP contribution >= 0.6 is 24.2 Å². The molecule has 0 radical (unpaired) electrons. The first kappa shape index (κ1) is 11.8. The van der Waals surface area contributed by atoms with Gasteiger partial charge in [0.25, 0.3) is 0 Å². The van der Waals surface area contributed by atoms with E-state index in [0.29, 0.717) is 5.03 Å². The summed E-state index contributed by atoms with van der Waals surface area (Å²) in [6.45, 7) is 0. The maximum Gasteiger partial charge on any atom is 0.149 e. The Kier molecular flexibility index (Phi) is 2.88. The van der Waals surface area contributed by atoms with Crippen LogP contribution in [0, 0.1) is 0 Å². The Morgan fingerprint density at radius 3 is 2.94 bits per heavy atom. The second kappa shape index (κ2) is 4.41. The molecule has 2 nitrogen and oxygen atoms in total. The van der Waals surface area contributed by atoms with Crippen molar-refractivity contribution in [2.24, 2.45) is 0 Å². The number of likely N-dealkylation sites (N-methyl/N-ethyl adjacent to an activating group) is 1. The Morgan fingerprint density at radius 2 is 2.22 bits per heavy atom. The molecule has 0 bridgehead atoms. The quantitative estimate of drug-likeness (QED) is 0.787. The molecule has 0 N–H and O–H groups in total. The van der Waals surface area contributed by atoms with Gasteiger partial charge >= 0.3 is 0 Å². The summed E-state index contributed by atoms with van der Waals surface area (Å²) in [6, 6.07) is 7.97. The third kappa shape index (κ3) is 1.93. The molecule has 3 rings (SSSR count). The molecule has 0 saturated heterocycles. The number of hydrogen-bond donors (Lipinski definition) is 1. The lowest BCUT2D eigenvalue weighted by molar-refractivity contribution is 0.310. The highest BCUT2D eigenvalue weighted by Gasteiger charge is 2.30.